The summed E-state index contributed by atoms with van der Waals surface area (Å²) in [5.74, 6) is -0.755. The van der Waals surface area contributed by atoms with Crippen LogP contribution in [0.5, 0.6) is 0 Å². The highest BCUT2D eigenvalue weighted by atomic mass is 19.4. The molecule has 0 saturated carbocycles. The number of hydrogen-bond acceptors (Lipinski definition) is 3. The van der Waals surface area contributed by atoms with E-state index in [-0.39, 0.29) is 25.6 Å². The molecule has 19 heavy (non-hydrogen) atoms. The van der Waals surface area contributed by atoms with Gasteiger partial charge in [-0.25, -0.2) is 0 Å². The van der Waals surface area contributed by atoms with Gasteiger partial charge in [0.1, 0.15) is 0 Å². The lowest BCUT2D eigenvalue weighted by molar-refractivity contribution is -0.221. The Morgan fingerprint density at radius 2 is 2.11 bits per heavy atom. The molecule has 0 aromatic carbocycles. The predicted molar refractivity (Wildman–Crippen MR) is 64.6 cm³/mol. The molecule has 2 aliphatic rings. The molecule has 2 unspecified atom stereocenters. The fourth-order valence-corrected chi connectivity index (χ4v) is 2.89. The van der Waals surface area contributed by atoms with Crippen LogP contribution in [-0.4, -0.2) is 68.2 Å². The molecule has 1 amide bonds. The third kappa shape index (κ3) is 2.45. The second kappa shape index (κ2) is 4.94. The highest BCUT2D eigenvalue weighted by Crippen LogP contribution is 2.44. The van der Waals surface area contributed by atoms with Gasteiger partial charge in [0.25, 0.3) is 0 Å². The summed E-state index contributed by atoms with van der Waals surface area (Å²) >= 11 is 0. The van der Waals surface area contributed by atoms with Crippen molar-refractivity contribution in [2.45, 2.75) is 25.1 Å². The van der Waals surface area contributed by atoms with Gasteiger partial charge in [0, 0.05) is 25.7 Å². The Morgan fingerprint density at radius 3 is 2.53 bits per heavy atom. The highest BCUT2D eigenvalue weighted by molar-refractivity contribution is 5.84. The number of alkyl halides is 3. The predicted octanol–water partition coefficient (Wildman–Crippen LogP) is 0.691. The van der Waals surface area contributed by atoms with E-state index in [2.05, 4.69) is 5.32 Å². The van der Waals surface area contributed by atoms with Crippen LogP contribution in [0.4, 0.5) is 13.2 Å². The Morgan fingerprint density at radius 1 is 1.42 bits per heavy atom. The van der Waals surface area contributed by atoms with Crippen LogP contribution in [0.2, 0.25) is 0 Å². The van der Waals surface area contributed by atoms with Gasteiger partial charge in [-0.15, -0.1) is 0 Å². The molecule has 7 heteroatoms. The molecule has 2 atom stereocenters. The van der Waals surface area contributed by atoms with Crippen molar-refractivity contribution in [1.82, 2.24) is 15.1 Å². The molecule has 1 N–H and O–H groups in total. The minimum absolute atomic E-state index is 0.154. The average Bonchev–Trinajstić information content (AvgIpc) is 2.97. The zero-order valence-corrected chi connectivity index (χ0v) is 11.3. The van der Waals surface area contributed by atoms with Gasteiger partial charge in [0.05, 0.1) is 0 Å². The fraction of sp³-hybridized carbons (Fsp3) is 0.917. The summed E-state index contributed by atoms with van der Waals surface area (Å²) in [7, 11) is 3.77. The molecule has 4 nitrogen and oxygen atoms in total. The summed E-state index contributed by atoms with van der Waals surface area (Å²) in [6.45, 7) is 0.762. The first-order valence-electron chi connectivity index (χ1n) is 6.51. The molecule has 0 aromatic heterocycles. The molecule has 0 aromatic rings. The molecular formula is C12H20F3N3O. The molecule has 2 aliphatic heterocycles. The maximum Gasteiger partial charge on any atom is 0.404 e. The van der Waals surface area contributed by atoms with Crippen LogP contribution in [0.25, 0.3) is 0 Å². The zero-order valence-electron chi connectivity index (χ0n) is 11.3. The van der Waals surface area contributed by atoms with Crippen molar-refractivity contribution in [3.63, 3.8) is 0 Å². The van der Waals surface area contributed by atoms with Gasteiger partial charge in [-0.05, 0) is 33.5 Å². The highest BCUT2D eigenvalue weighted by Gasteiger charge is 2.62. The van der Waals surface area contributed by atoms with Crippen molar-refractivity contribution in [1.29, 1.82) is 0 Å². The van der Waals surface area contributed by atoms with Crippen LogP contribution in [0, 0.1) is 5.41 Å². The Kier molecular flexibility index (Phi) is 3.79. The van der Waals surface area contributed by atoms with Gasteiger partial charge >= 0.3 is 6.18 Å². The van der Waals surface area contributed by atoms with Gasteiger partial charge in [-0.3, -0.25) is 4.79 Å². The van der Waals surface area contributed by atoms with Crippen molar-refractivity contribution >= 4 is 5.91 Å². The molecular weight excluding hydrogens is 259 g/mol. The Hall–Kier alpha value is -0.820. The normalized spacial score (nSPS) is 32.3. The first-order valence-corrected chi connectivity index (χ1v) is 6.51. The van der Waals surface area contributed by atoms with Gasteiger partial charge < -0.3 is 15.1 Å². The number of amides is 1. The average molecular weight is 279 g/mol. The van der Waals surface area contributed by atoms with Crippen molar-refractivity contribution in [2.75, 3.05) is 40.3 Å². The van der Waals surface area contributed by atoms with E-state index in [4.69, 9.17) is 0 Å². The smallest absolute Gasteiger partial charge is 0.340 e. The summed E-state index contributed by atoms with van der Waals surface area (Å²) < 4.78 is 39.8. The number of nitrogens with one attached hydrogen (secondary N) is 1. The first-order chi connectivity index (χ1) is 8.78. The van der Waals surface area contributed by atoms with E-state index in [0.717, 1.165) is 6.42 Å². The van der Waals surface area contributed by atoms with Crippen LogP contribution in [0.1, 0.15) is 12.8 Å². The molecule has 2 heterocycles. The minimum Gasteiger partial charge on any atom is -0.340 e. The Balaban J connectivity index is 2.14. The van der Waals surface area contributed by atoms with E-state index in [1.165, 1.54) is 4.90 Å². The van der Waals surface area contributed by atoms with Crippen LogP contribution < -0.4 is 5.32 Å². The number of likely N-dealkylation sites (N-methyl/N-ethyl adjacent to an activating group) is 1. The molecule has 2 fully saturated rings. The molecule has 2 rings (SSSR count). The second-order valence-corrected chi connectivity index (χ2v) is 5.66. The quantitative estimate of drug-likeness (QED) is 0.808. The number of carbonyl (C=O) groups excluding carboxylic acids is 1. The summed E-state index contributed by atoms with van der Waals surface area (Å²) in [5, 5.41) is 2.68. The van der Waals surface area contributed by atoms with Crippen LogP contribution >= 0.6 is 0 Å². The van der Waals surface area contributed by atoms with Crippen molar-refractivity contribution in [3.05, 3.63) is 0 Å². The van der Waals surface area contributed by atoms with Crippen molar-refractivity contribution < 1.29 is 18.0 Å². The SMILES string of the molecule is CN(C)C1CCN(C(=O)C2(C(F)(F)F)CCNC2)C1. The summed E-state index contributed by atoms with van der Waals surface area (Å²) in [6, 6.07) is 0.156. The lowest BCUT2D eigenvalue weighted by atomic mass is 9.84. The monoisotopic (exact) mass is 279 g/mol. The van der Waals surface area contributed by atoms with Crippen LogP contribution in [-0.2, 0) is 4.79 Å². The summed E-state index contributed by atoms with van der Waals surface area (Å²) in [6.07, 6.45) is -3.90. The third-order valence-corrected chi connectivity index (χ3v) is 4.29. The van der Waals surface area contributed by atoms with E-state index >= 15 is 0 Å². The fourth-order valence-electron chi connectivity index (χ4n) is 2.89. The topological polar surface area (TPSA) is 35.6 Å². The van der Waals surface area contributed by atoms with E-state index in [1.807, 2.05) is 19.0 Å². The van der Waals surface area contributed by atoms with Gasteiger partial charge in [0.2, 0.25) is 5.91 Å². The molecule has 110 valence electrons. The van der Waals surface area contributed by atoms with E-state index < -0.39 is 17.5 Å². The first kappa shape index (κ1) is 14.6. The molecule has 0 spiro atoms. The standard InChI is InChI=1S/C12H20F3N3O/c1-17(2)9-3-6-18(7-9)10(19)11(12(13,14)15)4-5-16-8-11/h9,16H,3-8H2,1-2H3. The van der Waals surface area contributed by atoms with Gasteiger partial charge in [-0.1, -0.05) is 0 Å². The van der Waals surface area contributed by atoms with Gasteiger partial charge in [-0.2, -0.15) is 13.2 Å². The zero-order chi connectivity index (χ0) is 14.3. The number of likely N-dealkylation sites (tertiary alicyclic amines) is 1. The largest absolute Gasteiger partial charge is 0.404 e. The van der Waals surface area contributed by atoms with Crippen LogP contribution in [0.3, 0.4) is 0 Å². The lowest BCUT2D eigenvalue weighted by Crippen LogP contribution is -2.53. The minimum atomic E-state index is -4.48. The Bertz CT molecular complexity index is 351. The summed E-state index contributed by atoms with van der Waals surface area (Å²) in [4.78, 5) is 15.7. The number of halogens is 3. The number of nitrogens with zero attached hydrogens (tertiary/aromatic N) is 2. The maximum atomic E-state index is 13.3. The molecule has 0 radical (unpaired) electrons. The molecule has 2 saturated heterocycles. The van der Waals surface area contributed by atoms with Crippen molar-refractivity contribution in [3.8, 4) is 0 Å². The van der Waals surface area contributed by atoms with E-state index in [0.29, 0.717) is 13.1 Å². The molecule has 0 aliphatic carbocycles. The molecule has 0 bridgehead atoms. The van der Waals surface area contributed by atoms with Gasteiger partial charge in [0.15, 0.2) is 5.41 Å². The Labute approximate surface area is 110 Å². The number of carbonyl (C=O) groups is 1. The van der Waals surface area contributed by atoms with Crippen molar-refractivity contribution in [2.24, 2.45) is 5.41 Å². The maximum absolute atomic E-state index is 13.3. The number of hydrogen-bond donors (Lipinski definition) is 1. The number of rotatable bonds is 2. The lowest BCUT2D eigenvalue weighted by Gasteiger charge is -2.33. The van der Waals surface area contributed by atoms with Crippen LogP contribution in [0.15, 0.2) is 0 Å². The van der Waals surface area contributed by atoms with E-state index in [1.54, 1.807) is 0 Å². The van der Waals surface area contributed by atoms with E-state index in [9.17, 15) is 18.0 Å². The summed E-state index contributed by atoms with van der Waals surface area (Å²) in [5.41, 5.74) is -2.21. The third-order valence-electron chi connectivity index (χ3n) is 4.29. The second-order valence-electron chi connectivity index (χ2n) is 5.66.